The monoisotopic (exact) mass is 342 g/mol. The van der Waals surface area contributed by atoms with Gasteiger partial charge in [-0.05, 0) is 36.4 Å². The van der Waals surface area contributed by atoms with Crippen LogP contribution in [-0.2, 0) is 4.79 Å². The lowest BCUT2D eigenvalue weighted by atomic mass is 10.1. The van der Waals surface area contributed by atoms with Crippen molar-refractivity contribution in [2.75, 3.05) is 18.5 Å². The number of benzene rings is 2. The van der Waals surface area contributed by atoms with Gasteiger partial charge in [0, 0.05) is 17.3 Å². The quantitative estimate of drug-likeness (QED) is 0.686. The fourth-order valence-electron chi connectivity index (χ4n) is 2.25. The minimum absolute atomic E-state index is 0.186. The van der Waals surface area contributed by atoms with Crippen LogP contribution in [0.2, 0.25) is 0 Å². The van der Waals surface area contributed by atoms with E-state index in [1.807, 2.05) is 0 Å². The summed E-state index contributed by atoms with van der Waals surface area (Å²) in [4.78, 5) is 12.2. The SMILES string of the molecule is N#C/C(=C\c1cc(F)ccc1F)C(=O)Nc1ccc2c(c1)OCCO2. The number of nitrogens with zero attached hydrogens (tertiary/aromatic N) is 1. The van der Waals surface area contributed by atoms with Gasteiger partial charge in [0.15, 0.2) is 11.5 Å². The van der Waals surface area contributed by atoms with Crippen LogP contribution in [0.5, 0.6) is 11.5 Å². The Morgan fingerprint density at radius 1 is 1.12 bits per heavy atom. The average Bonchev–Trinajstić information content (AvgIpc) is 2.62. The van der Waals surface area contributed by atoms with Gasteiger partial charge in [-0.25, -0.2) is 8.78 Å². The van der Waals surface area contributed by atoms with Crippen LogP contribution >= 0.6 is 0 Å². The standard InChI is InChI=1S/C18H12F2N2O3/c19-13-1-3-15(20)11(8-13)7-12(10-21)18(23)22-14-2-4-16-17(9-14)25-6-5-24-16/h1-4,7-9H,5-6H2,(H,22,23)/b12-7+. The molecule has 2 aromatic carbocycles. The van der Waals surface area contributed by atoms with Gasteiger partial charge in [-0.15, -0.1) is 0 Å². The van der Waals surface area contributed by atoms with Gasteiger partial charge < -0.3 is 14.8 Å². The van der Waals surface area contributed by atoms with Gasteiger partial charge in [-0.2, -0.15) is 5.26 Å². The van der Waals surface area contributed by atoms with Crippen molar-refractivity contribution in [3.05, 3.63) is 59.2 Å². The molecule has 0 radical (unpaired) electrons. The molecule has 0 unspecified atom stereocenters. The molecule has 5 nitrogen and oxygen atoms in total. The maximum absolute atomic E-state index is 13.7. The molecular weight excluding hydrogens is 330 g/mol. The van der Waals surface area contributed by atoms with Gasteiger partial charge in [0.1, 0.15) is 36.5 Å². The third kappa shape index (κ3) is 3.75. The van der Waals surface area contributed by atoms with Gasteiger partial charge in [0.25, 0.3) is 5.91 Å². The molecule has 1 amide bonds. The van der Waals surface area contributed by atoms with Crippen molar-refractivity contribution in [3.8, 4) is 17.6 Å². The number of ether oxygens (including phenoxy) is 2. The first-order valence-corrected chi connectivity index (χ1v) is 7.34. The number of amides is 1. The number of rotatable bonds is 3. The Kier molecular flexibility index (Phi) is 4.61. The topological polar surface area (TPSA) is 71.4 Å². The molecule has 0 aliphatic carbocycles. The molecular formula is C18H12F2N2O3. The Balaban J connectivity index is 1.82. The molecule has 1 heterocycles. The first-order chi connectivity index (χ1) is 12.1. The van der Waals surface area contributed by atoms with Crippen LogP contribution in [0.1, 0.15) is 5.56 Å². The van der Waals surface area contributed by atoms with Gasteiger partial charge in [-0.1, -0.05) is 0 Å². The largest absolute Gasteiger partial charge is 0.486 e. The van der Waals surface area contributed by atoms with Gasteiger partial charge in [0.05, 0.1) is 0 Å². The molecule has 0 saturated heterocycles. The lowest BCUT2D eigenvalue weighted by Crippen LogP contribution is -2.17. The van der Waals surface area contributed by atoms with E-state index in [4.69, 9.17) is 14.7 Å². The number of nitrogens with one attached hydrogen (secondary N) is 1. The fourth-order valence-corrected chi connectivity index (χ4v) is 2.25. The van der Waals surface area contributed by atoms with Crippen LogP contribution in [0, 0.1) is 23.0 Å². The van der Waals surface area contributed by atoms with Crippen molar-refractivity contribution < 1.29 is 23.0 Å². The number of halogens is 2. The highest BCUT2D eigenvalue weighted by atomic mass is 19.1. The summed E-state index contributed by atoms with van der Waals surface area (Å²) >= 11 is 0. The van der Waals surface area contributed by atoms with E-state index >= 15 is 0 Å². The zero-order valence-corrected chi connectivity index (χ0v) is 12.9. The number of carbonyl (C=O) groups excluding carboxylic acids is 1. The first-order valence-electron chi connectivity index (χ1n) is 7.34. The maximum Gasteiger partial charge on any atom is 0.266 e. The second-order valence-electron chi connectivity index (χ2n) is 5.15. The van der Waals surface area contributed by atoms with E-state index in [1.54, 1.807) is 24.3 Å². The molecule has 25 heavy (non-hydrogen) atoms. The predicted molar refractivity (Wildman–Crippen MR) is 86.0 cm³/mol. The number of anilines is 1. The van der Waals surface area contributed by atoms with Crippen LogP contribution in [0.15, 0.2) is 42.0 Å². The molecule has 0 spiro atoms. The van der Waals surface area contributed by atoms with E-state index in [-0.39, 0.29) is 11.1 Å². The summed E-state index contributed by atoms with van der Waals surface area (Å²) in [6.07, 6.45) is 0.992. The molecule has 2 aromatic rings. The highest BCUT2D eigenvalue weighted by molar-refractivity contribution is 6.09. The van der Waals surface area contributed by atoms with Gasteiger partial charge >= 0.3 is 0 Å². The third-order valence-corrected chi connectivity index (χ3v) is 3.42. The van der Waals surface area contributed by atoms with Crippen LogP contribution in [0.3, 0.4) is 0 Å². The van der Waals surface area contributed by atoms with Crippen LogP contribution in [-0.4, -0.2) is 19.1 Å². The Hall–Kier alpha value is -3.40. The maximum atomic E-state index is 13.7. The fraction of sp³-hybridized carbons (Fsp3) is 0.111. The predicted octanol–water partition coefficient (Wildman–Crippen LogP) is 3.28. The molecule has 126 valence electrons. The molecule has 0 atom stereocenters. The van der Waals surface area contributed by atoms with Crippen molar-refractivity contribution >= 4 is 17.7 Å². The number of hydrogen-bond acceptors (Lipinski definition) is 4. The van der Waals surface area contributed by atoms with E-state index in [0.717, 1.165) is 24.3 Å². The van der Waals surface area contributed by atoms with Crippen LogP contribution in [0.25, 0.3) is 6.08 Å². The molecule has 3 rings (SSSR count). The minimum Gasteiger partial charge on any atom is -0.486 e. The summed E-state index contributed by atoms with van der Waals surface area (Å²) in [5, 5.41) is 11.7. The zero-order valence-electron chi connectivity index (χ0n) is 12.9. The van der Waals surface area contributed by atoms with Crippen LogP contribution in [0.4, 0.5) is 14.5 Å². The Morgan fingerprint density at radius 2 is 1.88 bits per heavy atom. The van der Waals surface area contributed by atoms with Gasteiger partial charge in [0.2, 0.25) is 0 Å². The molecule has 0 bridgehead atoms. The highest BCUT2D eigenvalue weighted by Gasteiger charge is 2.15. The number of fused-ring (bicyclic) bond motifs is 1. The van der Waals surface area contributed by atoms with E-state index in [1.165, 1.54) is 0 Å². The lowest BCUT2D eigenvalue weighted by Gasteiger charge is -2.18. The molecule has 1 N–H and O–H groups in total. The average molecular weight is 342 g/mol. The normalized spacial score (nSPS) is 13.1. The summed E-state index contributed by atoms with van der Waals surface area (Å²) in [5.74, 6) is -1.12. The molecule has 1 aliphatic heterocycles. The van der Waals surface area contributed by atoms with Crippen molar-refractivity contribution in [1.82, 2.24) is 0 Å². The number of hydrogen-bond donors (Lipinski definition) is 1. The zero-order chi connectivity index (χ0) is 17.8. The lowest BCUT2D eigenvalue weighted by molar-refractivity contribution is -0.112. The molecule has 0 saturated carbocycles. The van der Waals surface area contributed by atoms with E-state index in [0.29, 0.717) is 30.4 Å². The van der Waals surface area contributed by atoms with E-state index < -0.39 is 17.5 Å². The van der Waals surface area contributed by atoms with Gasteiger partial charge in [-0.3, -0.25) is 4.79 Å². The molecule has 7 heteroatoms. The number of nitriles is 1. The smallest absolute Gasteiger partial charge is 0.266 e. The van der Waals surface area contributed by atoms with Crippen molar-refractivity contribution in [1.29, 1.82) is 5.26 Å². The summed E-state index contributed by atoms with van der Waals surface area (Å²) in [7, 11) is 0. The van der Waals surface area contributed by atoms with Crippen molar-refractivity contribution in [2.45, 2.75) is 0 Å². The minimum atomic E-state index is -0.747. The van der Waals surface area contributed by atoms with Crippen molar-refractivity contribution in [3.63, 3.8) is 0 Å². The molecule has 0 aromatic heterocycles. The first kappa shape index (κ1) is 16.5. The Labute approximate surface area is 142 Å². The van der Waals surface area contributed by atoms with E-state index in [2.05, 4.69) is 5.32 Å². The summed E-state index contributed by atoms with van der Waals surface area (Å²) in [5.41, 5.74) is -0.164. The Morgan fingerprint density at radius 3 is 2.64 bits per heavy atom. The summed E-state index contributed by atoms with van der Waals surface area (Å²) in [6, 6.07) is 9.25. The highest BCUT2D eigenvalue weighted by Crippen LogP contribution is 2.32. The second-order valence-corrected chi connectivity index (χ2v) is 5.15. The summed E-state index contributed by atoms with van der Waals surface area (Å²) < 4.78 is 37.7. The van der Waals surface area contributed by atoms with Crippen molar-refractivity contribution in [2.24, 2.45) is 0 Å². The molecule has 0 fully saturated rings. The molecule has 1 aliphatic rings. The Bertz CT molecular complexity index is 904. The van der Waals surface area contributed by atoms with Crippen LogP contribution < -0.4 is 14.8 Å². The third-order valence-electron chi connectivity index (χ3n) is 3.42. The summed E-state index contributed by atoms with van der Waals surface area (Å²) in [6.45, 7) is 0.839. The second kappa shape index (κ2) is 7.01. The number of carbonyl (C=O) groups is 1. The van der Waals surface area contributed by atoms with E-state index in [9.17, 15) is 13.6 Å².